The number of rotatable bonds is 7. The number of carbonyl (C=O) groups excluding carboxylic acids is 2. The molecule has 1 aliphatic rings. The van der Waals surface area contributed by atoms with Gasteiger partial charge in [0, 0.05) is 0 Å². The summed E-state index contributed by atoms with van der Waals surface area (Å²) in [5.41, 5.74) is 1.07. The SMILES string of the molecule is CCOc1ccc(C2=C(SCc3ccco3)C(=O)N(c3cccc(F)c3)C2=O)cc1. The van der Waals surface area contributed by atoms with E-state index in [1.165, 1.54) is 36.0 Å². The molecule has 0 atom stereocenters. The molecule has 0 spiro atoms. The van der Waals surface area contributed by atoms with E-state index in [2.05, 4.69) is 0 Å². The van der Waals surface area contributed by atoms with Gasteiger partial charge in [-0.3, -0.25) is 9.59 Å². The van der Waals surface area contributed by atoms with Crippen LogP contribution in [0.2, 0.25) is 0 Å². The molecule has 0 unspecified atom stereocenters. The van der Waals surface area contributed by atoms with Crippen molar-refractivity contribution in [2.45, 2.75) is 12.7 Å². The third-order valence-electron chi connectivity index (χ3n) is 4.50. The predicted octanol–water partition coefficient (Wildman–Crippen LogP) is 5.04. The van der Waals surface area contributed by atoms with Crippen molar-refractivity contribution >= 4 is 34.8 Å². The number of benzene rings is 2. The first-order valence-electron chi connectivity index (χ1n) is 9.35. The summed E-state index contributed by atoms with van der Waals surface area (Å²) in [7, 11) is 0. The summed E-state index contributed by atoms with van der Waals surface area (Å²) < 4.78 is 24.6. The highest BCUT2D eigenvalue weighted by Gasteiger charge is 2.40. The van der Waals surface area contributed by atoms with E-state index >= 15 is 0 Å². The molecule has 0 fully saturated rings. The predicted molar refractivity (Wildman–Crippen MR) is 113 cm³/mol. The van der Waals surface area contributed by atoms with E-state index in [4.69, 9.17) is 9.15 Å². The average molecular weight is 423 g/mol. The standard InChI is InChI=1S/C23H18FNO4S/c1-2-28-18-10-8-15(9-11-18)20-21(30-14-19-7-4-12-29-19)23(27)25(22(20)26)17-6-3-5-16(24)13-17/h3-13H,2,14H2,1H3. The molecular formula is C23H18FNO4S. The molecule has 4 rings (SSSR count). The van der Waals surface area contributed by atoms with E-state index in [-0.39, 0.29) is 11.3 Å². The minimum Gasteiger partial charge on any atom is -0.494 e. The second-order valence-corrected chi connectivity index (χ2v) is 7.44. The molecule has 5 nitrogen and oxygen atoms in total. The van der Waals surface area contributed by atoms with Gasteiger partial charge in [0.05, 0.1) is 34.8 Å². The zero-order valence-electron chi connectivity index (χ0n) is 16.1. The Morgan fingerprint density at radius 3 is 2.50 bits per heavy atom. The molecule has 0 N–H and O–H groups in total. The molecule has 0 radical (unpaired) electrons. The van der Waals surface area contributed by atoms with Crippen LogP contribution in [-0.2, 0) is 15.3 Å². The molecule has 0 bridgehead atoms. The molecule has 2 amide bonds. The summed E-state index contributed by atoms with van der Waals surface area (Å²) in [4.78, 5) is 27.8. The minimum absolute atomic E-state index is 0.196. The highest BCUT2D eigenvalue weighted by Crippen LogP contribution is 2.40. The number of ether oxygens (including phenoxy) is 1. The smallest absolute Gasteiger partial charge is 0.272 e. The average Bonchev–Trinajstić information content (AvgIpc) is 3.33. The lowest BCUT2D eigenvalue weighted by molar-refractivity contribution is -0.119. The van der Waals surface area contributed by atoms with Crippen molar-refractivity contribution in [3.63, 3.8) is 0 Å². The second kappa shape index (κ2) is 8.59. The Labute approximate surface area is 177 Å². The van der Waals surface area contributed by atoms with Crippen molar-refractivity contribution < 1.29 is 23.1 Å². The summed E-state index contributed by atoms with van der Waals surface area (Å²) >= 11 is 1.22. The monoisotopic (exact) mass is 423 g/mol. The quantitative estimate of drug-likeness (QED) is 0.499. The van der Waals surface area contributed by atoms with Crippen LogP contribution in [0.5, 0.6) is 5.75 Å². The van der Waals surface area contributed by atoms with E-state index in [9.17, 15) is 14.0 Å². The molecule has 0 saturated carbocycles. The van der Waals surface area contributed by atoms with Crippen LogP contribution in [-0.4, -0.2) is 18.4 Å². The molecule has 2 aromatic carbocycles. The van der Waals surface area contributed by atoms with Gasteiger partial charge < -0.3 is 9.15 Å². The van der Waals surface area contributed by atoms with Crippen LogP contribution in [0.3, 0.4) is 0 Å². The summed E-state index contributed by atoms with van der Waals surface area (Å²) in [5, 5.41) is 0. The Morgan fingerprint density at radius 1 is 1.03 bits per heavy atom. The van der Waals surface area contributed by atoms with Gasteiger partial charge in [0.15, 0.2) is 0 Å². The van der Waals surface area contributed by atoms with Crippen LogP contribution in [0.4, 0.5) is 10.1 Å². The molecule has 3 aromatic rings. The fraction of sp³-hybridized carbons (Fsp3) is 0.130. The first-order valence-corrected chi connectivity index (χ1v) is 10.3. The highest BCUT2D eigenvalue weighted by atomic mass is 32.2. The third kappa shape index (κ3) is 3.89. The molecule has 0 saturated heterocycles. The number of nitrogens with zero attached hydrogens (tertiary/aromatic N) is 1. The van der Waals surface area contributed by atoms with Gasteiger partial charge in [-0.1, -0.05) is 18.2 Å². The van der Waals surface area contributed by atoms with Gasteiger partial charge in [-0.15, -0.1) is 11.8 Å². The zero-order chi connectivity index (χ0) is 21.1. The Balaban J connectivity index is 1.73. The van der Waals surface area contributed by atoms with Crippen molar-refractivity contribution in [2.24, 2.45) is 0 Å². The summed E-state index contributed by atoms with van der Waals surface area (Å²) in [5.74, 6) is 0.252. The van der Waals surface area contributed by atoms with Gasteiger partial charge in [-0.25, -0.2) is 9.29 Å². The van der Waals surface area contributed by atoms with Gasteiger partial charge in [-0.05, 0) is 55.0 Å². The molecular weight excluding hydrogens is 405 g/mol. The van der Waals surface area contributed by atoms with Gasteiger partial charge >= 0.3 is 0 Å². The first-order chi connectivity index (χ1) is 14.6. The number of carbonyl (C=O) groups is 2. The molecule has 2 heterocycles. The second-order valence-electron chi connectivity index (χ2n) is 6.46. The van der Waals surface area contributed by atoms with Crippen LogP contribution in [0.1, 0.15) is 18.2 Å². The van der Waals surface area contributed by atoms with Crippen molar-refractivity contribution in [3.8, 4) is 5.75 Å². The highest BCUT2D eigenvalue weighted by molar-refractivity contribution is 8.03. The molecule has 1 aliphatic heterocycles. The number of hydrogen-bond donors (Lipinski definition) is 0. The van der Waals surface area contributed by atoms with E-state index in [0.29, 0.717) is 34.3 Å². The number of hydrogen-bond acceptors (Lipinski definition) is 5. The van der Waals surface area contributed by atoms with Gasteiger partial charge in [0.2, 0.25) is 0 Å². The maximum absolute atomic E-state index is 13.7. The van der Waals surface area contributed by atoms with E-state index in [1.54, 1.807) is 42.7 Å². The summed E-state index contributed by atoms with van der Waals surface area (Å²) in [6, 6.07) is 16.0. The van der Waals surface area contributed by atoms with Gasteiger partial charge in [0.25, 0.3) is 11.8 Å². The third-order valence-corrected chi connectivity index (χ3v) is 5.60. The van der Waals surface area contributed by atoms with E-state index < -0.39 is 17.6 Å². The van der Waals surface area contributed by atoms with E-state index in [1.807, 2.05) is 6.92 Å². The van der Waals surface area contributed by atoms with Crippen LogP contribution in [0.15, 0.2) is 76.2 Å². The molecule has 152 valence electrons. The Morgan fingerprint density at radius 2 is 1.83 bits per heavy atom. The van der Waals surface area contributed by atoms with Crippen molar-refractivity contribution in [1.82, 2.24) is 0 Å². The zero-order valence-corrected chi connectivity index (χ0v) is 16.9. The van der Waals surface area contributed by atoms with Crippen molar-refractivity contribution in [2.75, 3.05) is 11.5 Å². The largest absolute Gasteiger partial charge is 0.494 e. The van der Waals surface area contributed by atoms with Crippen LogP contribution in [0, 0.1) is 5.82 Å². The van der Waals surface area contributed by atoms with Gasteiger partial charge in [-0.2, -0.15) is 0 Å². The Kier molecular flexibility index (Phi) is 5.72. The lowest BCUT2D eigenvalue weighted by Crippen LogP contribution is -2.31. The topological polar surface area (TPSA) is 59.8 Å². The lowest BCUT2D eigenvalue weighted by atomic mass is 10.1. The number of anilines is 1. The number of furan rings is 1. The summed E-state index contributed by atoms with van der Waals surface area (Å²) in [6.45, 7) is 2.41. The fourth-order valence-corrected chi connectivity index (χ4v) is 4.19. The number of amides is 2. The molecule has 0 aliphatic carbocycles. The Hall–Kier alpha value is -3.32. The number of halogens is 1. The number of imide groups is 1. The van der Waals surface area contributed by atoms with Crippen molar-refractivity contribution in [3.05, 3.63) is 89.0 Å². The van der Waals surface area contributed by atoms with Crippen molar-refractivity contribution in [1.29, 1.82) is 0 Å². The molecule has 1 aromatic heterocycles. The fourth-order valence-electron chi connectivity index (χ4n) is 3.17. The number of thioether (sulfide) groups is 1. The van der Waals surface area contributed by atoms with Crippen LogP contribution in [0.25, 0.3) is 5.57 Å². The molecule has 7 heteroatoms. The maximum atomic E-state index is 13.7. The maximum Gasteiger partial charge on any atom is 0.272 e. The van der Waals surface area contributed by atoms with E-state index in [0.717, 1.165) is 4.90 Å². The minimum atomic E-state index is -0.521. The summed E-state index contributed by atoms with van der Waals surface area (Å²) in [6.07, 6.45) is 1.55. The Bertz CT molecular complexity index is 1110. The lowest BCUT2D eigenvalue weighted by Gasteiger charge is -2.15. The first kappa shape index (κ1) is 20.0. The van der Waals surface area contributed by atoms with Crippen LogP contribution >= 0.6 is 11.8 Å². The molecule has 30 heavy (non-hydrogen) atoms. The normalized spacial score (nSPS) is 14.0. The van der Waals surface area contributed by atoms with Gasteiger partial charge in [0.1, 0.15) is 17.3 Å². The van der Waals surface area contributed by atoms with Crippen LogP contribution < -0.4 is 9.64 Å².